The van der Waals surface area contributed by atoms with E-state index in [4.69, 9.17) is 45.3 Å². The highest BCUT2D eigenvalue weighted by molar-refractivity contribution is 6.45. The van der Waals surface area contributed by atoms with Crippen molar-refractivity contribution in [2.45, 2.75) is 46.6 Å². The molecule has 1 aromatic heterocycles. The van der Waals surface area contributed by atoms with Crippen molar-refractivity contribution in [1.29, 1.82) is 0 Å². The number of nitrogens with two attached hydrogens (primary N) is 1. The van der Waals surface area contributed by atoms with Crippen molar-refractivity contribution in [2.24, 2.45) is 5.41 Å². The second-order valence-electron chi connectivity index (χ2n) is 7.60. The average molecular weight is 412 g/mol. The zero-order valence-electron chi connectivity index (χ0n) is 14.9. The van der Waals surface area contributed by atoms with Gasteiger partial charge in [-0.25, -0.2) is 4.79 Å². The van der Waals surface area contributed by atoms with Crippen LogP contribution in [0.4, 0.5) is 5.69 Å². The molecule has 25 heavy (non-hydrogen) atoms. The van der Waals surface area contributed by atoms with Crippen molar-refractivity contribution in [3.63, 3.8) is 0 Å². The van der Waals surface area contributed by atoms with E-state index in [-0.39, 0.29) is 32.0 Å². The van der Waals surface area contributed by atoms with Crippen LogP contribution in [0, 0.1) is 5.41 Å². The Morgan fingerprint density at radius 3 is 2.20 bits per heavy atom. The molecule has 0 bridgehead atoms. The van der Waals surface area contributed by atoms with Gasteiger partial charge in [-0.15, -0.1) is 0 Å². The van der Waals surface area contributed by atoms with E-state index in [2.05, 4.69) is 31.1 Å². The number of amides is 1. The van der Waals surface area contributed by atoms with Crippen molar-refractivity contribution < 1.29 is 19.3 Å². The van der Waals surface area contributed by atoms with E-state index in [9.17, 15) is 9.59 Å². The van der Waals surface area contributed by atoms with Crippen LogP contribution >= 0.6 is 34.8 Å². The fraction of sp³-hybridized carbons (Fsp3) is 0.562. The molecule has 0 aliphatic carbocycles. The van der Waals surface area contributed by atoms with Crippen LogP contribution in [0.3, 0.4) is 0 Å². The lowest BCUT2D eigenvalue weighted by atomic mass is 9.82. The predicted molar refractivity (Wildman–Crippen MR) is 99.0 cm³/mol. The molecule has 0 saturated heterocycles. The first-order valence-electron chi connectivity index (χ1n) is 7.57. The number of nitrogen functional groups attached to an aromatic ring is 1. The van der Waals surface area contributed by atoms with Gasteiger partial charge in [-0.1, -0.05) is 44.0 Å². The summed E-state index contributed by atoms with van der Waals surface area (Å²) in [5.41, 5.74) is 5.04. The fourth-order valence-electron chi connectivity index (χ4n) is 2.70. The minimum absolute atomic E-state index is 0.00453. The number of aromatic nitrogens is 1. The number of hydrogen-bond donors (Lipinski definition) is 2. The fourth-order valence-corrected chi connectivity index (χ4v) is 3.30. The summed E-state index contributed by atoms with van der Waals surface area (Å²) in [6.45, 7) is 9.58. The number of H-pyrrole nitrogens is 1. The van der Waals surface area contributed by atoms with Crippen molar-refractivity contribution >= 4 is 52.4 Å². The van der Waals surface area contributed by atoms with E-state index in [1.54, 1.807) is 0 Å². The van der Waals surface area contributed by atoms with E-state index in [0.717, 1.165) is 6.42 Å². The maximum Gasteiger partial charge on any atom is 0.405 e. The van der Waals surface area contributed by atoms with Crippen LogP contribution in [-0.4, -0.2) is 24.0 Å². The van der Waals surface area contributed by atoms with Gasteiger partial charge in [0.15, 0.2) is 6.61 Å². The van der Waals surface area contributed by atoms with Crippen molar-refractivity contribution in [3.05, 3.63) is 20.9 Å². The molecule has 0 aromatic carbocycles. The first-order chi connectivity index (χ1) is 11.2. The van der Waals surface area contributed by atoms with Crippen LogP contribution in [0.15, 0.2) is 0 Å². The van der Waals surface area contributed by atoms with Gasteiger partial charge in [0.1, 0.15) is 10.0 Å². The Hall–Kier alpha value is -1.24. The Kier molecular flexibility index (Phi) is 6.95. The summed E-state index contributed by atoms with van der Waals surface area (Å²) < 4.78 is 4.97. The van der Waals surface area contributed by atoms with E-state index < -0.39 is 24.0 Å². The highest BCUT2D eigenvalue weighted by Gasteiger charge is 2.30. The minimum Gasteiger partial charge on any atom is -0.448 e. The summed E-state index contributed by atoms with van der Waals surface area (Å²) >= 11 is 17.6. The zero-order chi connectivity index (χ0) is 19.6. The summed E-state index contributed by atoms with van der Waals surface area (Å²) in [6, 6.07) is 0. The highest BCUT2D eigenvalue weighted by atomic mass is 35.5. The van der Waals surface area contributed by atoms with Crippen LogP contribution in [0.25, 0.3) is 0 Å². The molecule has 4 N–H and O–H groups in total. The first-order valence-corrected chi connectivity index (χ1v) is 8.70. The van der Waals surface area contributed by atoms with Gasteiger partial charge in [-0.2, -0.15) is 4.98 Å². The highest BCUT2D eigenvalue weighted by Crippen LogP contribution is 2.32. The lowest BCUT2D eigenvalue weighted by Crippen LogP contribution is -2.47. The average Bonchev–Trinajstić information content (AvgIpc) is 2.43. The number of pyridine rings is 1. The van der Waals surface area contributed by atoms with Crippen molar-refractivity contribution in [2.75, 3.05) is 12.3 Å². The van der Waals surface area contributed by atoms with E-state index in [0.29, 0.717) is 0 Å². The molecular weight excluding hydrogens is 389 g/mol. The Labute approximate surface area is 162 Å². The molecule has 0 saturated carbocycles. The normalized spacial score (nSPS) is 12.0. The summed E-state index contributed by atoms with van der Waals surface area (Å²) in [5.74, 6) is -1.29. The Morgan fingerprint density at radius 2 is 1.68 bits per heavy atom. The van der Waals surface area contributed by atoms with Gasteiger partial charge in [-0.05, 0) is 37.3 Å². The number of carbonyl (C=O) groups is 2. The van der Waals surface area contributed by atoms with Gasteiger partial charge >= 0.3 is 11.7 Å². The third kappa shape index (κ3) is 6.53. The molecule has 0 aliphatic heterocycles. The van der Waals surface area contributed by atoms with Crippen LogP contribution in [0.2, 0.25) is 15.2 Å². The molecule has 1 amide bonds. The maximum atomic E-state index is 12.1. The van der Waals surface area contributed by atoms with Crippen LogP contribution in [0.5, 0.6) is 0 Å². The zero-order valence-corrected chi connectivity index (χ0v) is 17.1. The number of rotatable bonds is 5. The molecule has 0 fully saturated rings. The monoisotopic (exact) mass is 410 g/mol. The number of anilines is 1. The van der Waals surface area contributed by atoms with Gasteiger partial charge in [0.25, 0.3) is 11.1 Å². The molecular formula is C16H23Cl3N3O3+. The number of carbonyl (C=O) groups excluding carboxylic acids is 2. The molecule has 140 valence electrons. The number of esters is 1. The van der Waals surface area contributed by atoms with Gasteiger partial charge in [-0.3, -0.25) is 4.79 Å². The lowest BCUT2D eigenvalue weighted by molar-refractivity contribution is -0.380. The van der Waals surface area contributed by atoms with E-state index >= 15 is 0 Å². The largest absolute Gasteiger partial charge is 0.448 e. The third-order valence-corrected chi connectivity index (χ3v) is 4.27. The summed E-state index contributed by atoms with van der Waals surface area (Å²) in [6.07, 6.45) is 0.753. The van der Waals surface area contributed by atoms with Gasteiger partial charge < -0.3 is 15.8 Å². The van der Waals surface area contributed by atoms with Gasteiger partial charge in [0, 0.05) is 5.54 Å². The predicted octanol–water partition coefficient (Wildman–Crippen LogP) is 3.53. The number of halogens is 3. The molecule has 0 radical (unpaired) electrons. The van der Waals surface area contributed by atoms with Crippen molar-refractivity contribution in [1.82, 2.24) is 5.32 Å². The van der Waals surface area contributed by atoms with Crippen LogP contribution in [0.1, 0.15) is 51.5 Å². The smallest absolute Gasteiger partial charge is 0.405 e. The minimum atomic E-state index is -0.862. The standard InChI is InChI=1S/C16H22Cl3N3O3/c1-15(2,3)7-16(4,5)22-8(23)6-25-14(24)12-9(17)11(20)10(18)13(19)21-12/h6-7H2,1-5H3,(H2,20,21)(H,22,23)/p+1. The van der Waals surface area contributed by atoms with Gasteiger partial charge in [0.2, 0.25) is 0 Å². The topological polar surface area (TPSA) is 95.6 Å². The Bertz CT molecular complexity index is 685. The molecule has 1 aromatic rings. The lowest BCUT2D eigenvalue weighted by Gasteiger charge is -2.33. The Morgan fingerprint density at radius 1 is 1.12 bits per heavy atom. The first kappa shape index (κ1) is 21.8. The molecule has 0 spiro atoms. The van der Waals surface area contributed by atoms with E-state index in [1.165, 1.54) is 0 Å². The number of hydrogen-bond acceptors (Lipinski definition) is 4. The molecule has 1 heterocycles. The summed E-state index contributed by atoms with van der Waals surface area (Å²) in [4.78, 5) is 26.7. The SMILES string of the molecule is CC(C)(C)CC(C)(C)NC(=O)COC(=O)c1[nH+]c(Cl)c(Cl)c(N)c1Cl. The molecule has 6 nitrogen and oxygen atoms in total. The quantitative estimate of drug-likeness (QED) is 0.572. The second-order valence-corrected chi connectivity index (χ2v) is 8.74. The number of ether oxygens (including phenoxy) is 1. The van der Waals surface area contributed by atoms with E-state index in [1.807, 2.05) is 13.8 Å². The number of aromatic amines is 1. The van der Waals surface area contributed by atoms with Crippen molar-refractivity contribution in [3.8, 4) is 0 Å². The maximum absolute atomic E-state index is 12.1. The molecule has 0 unspecified atom stereocenters. The second kappa shape index (κ2) is 7.98. The Balaban J connectivity index is 2.73. The molecule has 0 aliphatic rings. The molecule has 0 atom stereocenters. The summed E-state index contributed by atoms with van der Waals surface area (Å²) in [5, 5.41) is 2.67. The van der Waals surface area contributed by atoms with Gasteiger partial charge in [0.05, 0.1) is 5.69 Å². The summed E-state index contributed by atoms with van der Waals surface area (Å²) in [7, 11) is 0. The molecule has 1 rings (SSSR count). The van der Waals surface area contributed by atoms with Crippen LogP contribution < -0.4 is 16.0 Å². The van der Waals surface area contributed by atoms with Crippen LogP contribution in [-0.2, 0) is 9.53 Å². The third-order valence-electron chi connectivity index (χ3n) is 3.11. The number of nitrogens with one attached hydrogen (secondary N) is 2. The molecule has 9 heteroatoms.